The number of hydrogen-bond acceptors (Lipinski definition) is 3. The van der Waals surface area contributed by atoms with Gasteiger partial charge in [-0.15, -0.1) is 0 Å². The second-order valence-electron chi connectivity index (χ2n) is 5.58. The Hall–Kier alpha value is -0.610. The minimum absolute atomic E-state index is 0.0475. The molecule has 0 rings (SSSR count). The lowest BCUT2D eigenvalue weighted by molar-refractivity contribution is -0.132. The predicted octanol–water partition coefficient (Wildman–Crippen LogP) is 2.01. The maximum absolute atomic E-state index is 12.2. The first-order valence-electron chi connectivity index (χ1n) is 7.65. The van der Waals surface area contributed by atoms with Crippen LogP contribution in [0.5, 0.6) is 0 Å². The fourth-order valence-electron chi connectivity index (χ4n) is 2.32. The molecule has 4 nitrogen and oxygen atoms in total. The molecule has 1 amide bonds. The van der Waals surface area contributed by atoms with E-state index in [1.54, 1.807) is 4.90 Å². The second-order valence-corrected chi connectivity index (χ2v) is 5.58. The van der Waals surface area contributed by atoms with Gasteiger partial charge in [0.05, 0.1) is 6.61 Å². The van der Waals surface area contributed by atoms with E-state index in [0.717, 1.165) is 32.2 Å². The largest absolute Gasteiger partial charge is 0.395 e. The summed E-state index contributed by atoms with van der Waals surface area (Å²) in [7, 11) is 0. The maximum atomic E-state index is 12.2. The van der Waals surface area contributed by atoms with E-state index in [1.165, 1.54) is 0 Å². The van der Waals surface area contributed by atoms with E-state index < -0.39 is 0 Å². The topological polar surface area (TPSA) is 66.6 Å². The number of carbonyl (C=O) groups is 1. The Morgan fingerprint density at radius 2 is 1.95 bits per heavy atom. The molecule has 0 radical (unpaired) electrons. The van der Waals surface area contributed by atoms with Crippen LogP contribution in [-0.2, 0) is 4.79 Å². The van der Waals surface area contributed by atoms with Crippen LogP contribution < -0.4 is 5.73 Å². The lowest BCUT2D eigenvalue weighted by Crippen LogP contribution is -2.34. The zero-order valence-corrected chi connectivity index (χ0v) is 12.9. The quantitative estimate of drug-likeness (QED) is 0.604. The third-order valence-corrected chi connectivity index (χ3v) is 3.71. The Kier molecular flexibility index (Phi) is 10.9. The molecule has 0 bridgehead atoms. The van der Waals surface area contributed by atoms with E-state index in [1.807, 2.05) is 0 Å². The van der Waals surface area contributed by atoms with Crippen molar-refractivity contribution >= 4 is 5.91 Å². The van der Waals surface area contributed by atoms with Crippen molar-refractivity contribution in [3.63, 3.8) is 0 Å². The smallest absolute Gasteiger partial charge is 0.222 e. The predicted molar refractivity (Wildman–Crippen MR) is 79.8 cm³/mol. The summed E-state index contributed by atoms with van der Waals surface area (Å²) in [4.78, 5) is 13.9. The van der Waals surface area contributed by atoms with Gasteiger partial charge in [0.25, 0.3) is 0 Å². The molecular formula is C15H32N2O2. The van der Waals surface area contributed by atoms with E-state index in [4.69, 9.17) is 10.8 Å². The van der Waals surface area contributed by atoms with Crippen molar-refractivity contribution in [3.05, 3.63) is 0 Å². The number of nitrogens with zero attached hydrogens (tertiary/aromatic N) is 1. The van der Waals surface area contributed by atoms with Gasteiger partial charge in [-0.05, 0) is 37.6 Å². The first kappa shape index (κ1) is 18.4. The van der Waals surface area contributed by atoms with Crippen LogP contribution in [0.4, 0.5) is 0 Å². The number of carbonyl (C=O) groups excluding carboxylic acids is 1. The molecule has 0 aliphatic heterocycles. The number of amides is 1. The Morgan fingerprint density at radius 1 is 1.26 bits per heavy atom. The Morgan fingerprint density at radius 3 is 2.42 bits per heavy atom. The zero-order chi connectivity index (χ0) is 14.7. The number of aliphatic hydroxyl groups excluding tert-OH is 1. The molecule has 0 aromatic heterocycles. The van der Waals surface area contributed by atoms with Gasteiger partial charge in [0.1, 0.15) is 0 Å². The summed E-state index contributed by atoms with van der Waals surface area (Å²) in [6.45, 7) is 8.44. The number of nitrogens with two attached hydrogens (primary N) is 1. The molecule has 0 aliphatic carbocycles. The molecule has 0 saturated heterocycles. The molecule has 0 aromatic carbocycles. The van der Waals surface area contributed by atoms with Gasteiger partial charge in [-0.2, -0.15) is 0 Å². The molecule has 0 spiro atoms. The van der Waals surface area contributed by atoms with Crippen LogP contribution in [0.15, 0.2) is 0 Å². The van der Waals surface area contributed by atoms with Crippen LogP contribution >= 0.6 is 0 Å². The minimum Gasteiger partial charge on any atom is -0.395 e. The number of unbranched alkanes of at least 4 members (excludes halogenated alkanes) is 1. The summed E-state index contributed by atoms with van der Waals surface area (Å²) in [6.07, 6.45) is 4.54. The minimum atomic E-state index is 0.0475. The molecular weight excluding hydrogens is 240 g/mol. The average molecular weight is 272 g/mol. The van der Waals surface area contributed by atoms with Gasteiger partial charge in [-0.3, -0.25) is 4.79 Å². The maximum Gasteiger partial charge on any atom is 0.222 e. The van der Waals surface area contributed by atoms with E-state index in [2.05, 4.69) is 20.8 Å². The Balaban J connectivity index is 4.21. The highest BCUT2D eigenvalue weighted by molar-refractivity contribution is 5.76. The van der Waals surface area contributed by atoms with Crippen molar-refractivity contribution in [2.75, 3.05) is 26.2 Å². The highest BCUT2D eigenvalue weighted by atomic mass is 16.3. The van der Waals surface area contributed by atoms with Crippen molar-refractivity contribution < 1.29 is 9.90 Å². The summed E-state index contributed by atoms with van der Waals surface area (Å²) in [6, 6.07) is 0. The molecule has 1 atom stereocenters. The highest BCUT2D eigenvalue weighted by Crippen LogP contribution is 2.21. The van der Waals surface area contributed by atoms with Crippen LogP contribution in [-0.4, -0.2) is 42.2 Å². The summed E-state index contributed by atoms with van der Waals surface area (Å²) in [5.74, 6) is 1.26. The van der Waals surface area contributed by atoms with Crippen LogP contribution in [0, 0.1) is 11.8 Å². The molecule has 114 valence electrons. The molecule has 1 unspecified atom stereocenters. The van der Waals surface area contributed by atoms with Gasteiger partial charge in [0.2, 0.25) is 5.91 Å². The van der Waals surface area contributed by atoms with Gasteiger partial charge in [-0.25, -0.2) is 0 Å². The van der Waals surface area contributed by atoms with Gasteiger partial charge >= 0.3 is 0 Å². The normalized spacial score (nSPS) is 12.7. The molecule has 0 saturated carbocycles. The first-order chi connectivity index (χ1) is 9.06. The number of aliphatic hydroxyl groups is 1. The van der Waals surface area contributed by atoms with Crippen LogP contribution in [0.25, 0.3) is 0 Å². The highest BCUT2D eigenvalue weighted by Gasteiger charge is 2.17. The Labute approximate surface area is 118 Å². The van der Waals surface area contributed by atoms with E-state index in [0.29, 0.717) is 31.3 Å². The summed E-state index contributed by atoms with van der Waals surface area (Å²) < 4.78 is 0. The van der Waals surface area contributed by atoms with E-state index in [9.17, 15) is 4.79 Å². The van der Waals surface area contributed by atoms with Crippen molar-refractivity contribution in [2.24, 2.45) is 17.6 Å². The van der Waals surface area contributed by atoms with Crippen molar-refractivity contribution in [1.29, 1.82) is 0 Å². The van der Waals surface area contributed by atoms with Crippen molar-refractivity contribution in [1.82, 2.24) is 4.90 Å². The summed E-state index contributed by atoms with van der Waals surface area (Å²) in [5.41, 5.74) is 5.62. The monoisotopic (exact) mass is 272 g/mol. The molecule has 3 N–H and O–H groups in total. The molecule has 0 aliphatic rings. The summed E-state index contributed by atoms with van der Waals surface area (Å²) in [5, 5.41) is 9.02. The zero-order valence-electron chi connectivity index (χ0n) is 12.9. The van der Waals surface area contributed by atoms with Gasteiger partial charge in [0.15, 0.2) is 0 Å². The van der Waals surface area contributed by atoms with Crippen molar-refractivity contribution in [3.8, 4) is 0 Å². The summed E-state index contributed by atoms with van der Waals surface area (Å²) >= 11 is 0. The average Bonchev–Trinajstić information content (AvgIpc) is 2.38. The lowest BCUT2D eigenvalue weighted by atomic mass is 9.88. The van der Waals surface area contributed by atoms with Gasteiger partial charge < -0.3 is 15.7 Å². The van der Waals surface area contributed by atoms with Crippen LogP contribution in [0.1, 0.15) is 52.9 Å². The SMILES string of the molecule is CCCCN(CCO)C(=O)CCC(CCN)C(C)C. The first-order valence-corrected chi connectivity index (χ1v) is 7.65. The van der Waals surface area contributed by atoms with E-state index in [-0.39, 0.29) is 12.5 Å². The number of hydrogen-bond donors (Lipinski definition) is 2. The number of rotatable bonds is 11. The fourth-order valence-corrected chi connectivity index (χ4v) is 2.32. The Bertz CT molecular complexity index is 232. The molecule has 0 fully saturated rings. The molecule has 0 heterocycles. The third-order valence-electron chi connectivity index (χ3n) is 3.71. The van der Waals surface area contributed by atoms with Gasteiger partial charge in [-0.1, -0.05) is 27.2 Å². The van der Waals surface area contributed by atoms with E-state index >= 15 is 0 Å². The van der Waals surface area contributed by atoms with Crippen molar-refractivity contribution in [2.45, 2.75) is 52.9 Å². The molecule has 4 heteroatoms. The van der Waals surface area contributed by atoms with Gasteiger partial charge in [0, 0.05) is 19.5 Å². The molecule has 19 heavy (non-hydrogen) atoms. The second kappa shape index (κ2) is 11.2. The van der Waals surface area contributed by atoms with Crippen LogP contribution in [0.3, 0.4) is 0 Å². The molecule has 0 aromatic rings. The van der Waals surface area contributed by atoms with Crippen LogP contribution in [0.2, 0.25) is 0 Å². The third kappa shape index (κ3) is 8.22. The lowest BCUT2D eigenvalue weighted by Gasteiger charge is -2.24. The fraction of sp³-hybridized carbons (Fsp3) is 0.933. The standard InChI is InChI=1S/C15H32N2O2/c1-4-5-10-17(11-12-18)15(19)7-6-14(8-9-16)13(2)3/h13-14,18H,4-12,16H2,1-3H3.